The molecule has 0 saturated heterocycles. The zero-order valence-electron chi connectivity index (χ0n) is 12.2. The van der Waals surface area contributed by atoms with E-state index in [2.05, 4.69) is 14.7 Å². The van der Waals surface area contributed by atoms with Crippen molar-refractivity contribution in [3.63, 3.8) is 0 Å². The van der Waals surface area contributed by atoms with Gasteiger partial charge in [-0.3, -0.25) is 0 Å². The maximum atomic E-state index is 11.3. The lowest BCUT2D eigenvalue weighted by molar-refractivity contribution is 0.0599. The summed E-state index contributed by atoms with van der Waals surface area (Å²) in [5.41, 5.74) is -0.0871. The van der Waals surface area contributed by atoms with Gasteiger partial charge in [0, 0.05) is 24.5 Å². The fourth-order valence-corrected chi connectivity index (χ4v) is 1.61. The summed E-state index contributed by atoms with van der Waals surface area (Å²) < 4.78 is 4.58. The molecule has 1 atom stereocenters. The van der Waals surface area contributed by atoms with E-state index in [1.54, 1.807) is 4.90 Å². The third kappa shape index (κ3) is 4.14. The van der Waals surface area contributed by atoms with Crippen LogP contribution >= 0.6 is 0 Å². The lowest BCUT2D eigenvalue weighted by Gasteiger charge is -2.36. The summed E-state index contributed by atoms with van der Waals surface area (Å²) in [4.78, 5) is 21.3. The Labute approximate surface area is 118 Å². The molecule has 20 heavy (non-hydrogen) atoms. The summed E-state index contributed by atoms with van der Waals surface area (Å²) in [6, 6.07) is 0. The smallest absolute Gasteiger partial charge is 0.341 e. The molecular weight excluding hydrogens is 262 g/mol. The number of rotatable bonds is 5. The van der Waals surface area contributed by atoms with E-state index in [9.17, 15) is 9.90 Å². The van der Waals surface area contributed by atoms with Gasteiger partial charge in [0.15, 0.2) is 0 Å². The van der Waals surface area contributed by atoms with Gasteiger partial charge < -0.3 is 19.8 Å². The van der Waals surface area contributed by atoms with Gasteiger partial charge in [-0.05, 0) is 20.8 Å². The van der Waals surface area contributed by atoms with Crippen molar-refractivity contribution in [1.29, 1.82) is 0 Å². The van der Waals surface area contributed by atoms with Crippen molar-refractivity contribution >= 4 is 11.9 Å². The van der Waals surface area contributed by atoms with Gasteiger partial charge in [0.25, 0.3) is 0 Å². The molecule has 0 aromatic carbocycles. The minimum absolute atomic E-state index is 0.192. The summed E-state index contributed by atoms with van der Waals surface area (Å²) in [7, 11) is 1.29. The van der Waals surface area contributed by atoms with Crippen LogP contribution in [-0.2, 0) is 4.74 Å². The van der Waals surface area contributed by atoms with Crippen molar-refractivity contribution in [2.75, 3.05) is 25.2 Å². The number of aromatic nitrogens is 2. The molecule has 0 aliphatic carbocycles. The highest BCUT2D eigenvalue weighted by Crippen LogP contribution is 2.20. The number of anilines is 1. The van der Waals surface area contributed by atoms with Crippen LogP contribution in [0.1, 0.15) is 31.1 Å². The lowest BCUT2D eigenvalue weighted by Crippen LogP contribution is -2.47. The summed E-state index contributed by atoms with van der Waals surface area (Å²) in [6.07, 6.45) is 1.86. The normalized spacial score (nSPS) is 12.9. The van der Waals surface area contributed by atoms with Gasteiger partial charge in [-0.25, -0.2) is 14.8 Å². The third-order valence-electron chi connectivity index (χ3n) is 2.71. The average Bonchev–Trinajstić information content (AvgIpc) is 2.42. The Kier molecular flexibility index (Phi) is 5.41. The summed E-state index contributed by atoms with van der Waals surface area (Å²) >= 11 is 0. The largest absolute Gasteiger partial charge is 0.465 e. The predicted molar refractivity (Wildman–Crippen MR) is 73.6 cm³/mol. The van der Waals surface area contributed by atoms with Crippen molar-refractivity contribution in [3.8, 4) is 0 Å². The molecule has 0 saturated carbocycles. The van der Waals surface area contributed by atoms with Gasteiger partial charge >= 0.3 is 5.97 Å². The molecule has 1 aromatic heterocycles. The van der Waals surface area contributed by atoms with Crippen molar-refractivity contribution in [2.45, 2.75) is 32.4 Å². The third-order valence-corrected chi connectivity index (χ3v) is 2.71. The fourth-order valence-electron chi connectivity index (χ4n) is 1.61. The van der Waals surface area contributed by atoms with E-state index in [0.29, 0.717) is 5.95 Å². The van der Waals surface area contributed by atoms with Crippen LogP contribution in [-0.4, -0.2) is 58.1 Å². The molecule has 0 fully saturated rings. The molecule has 0 bridgehead atoms. The number of carbonyl (C=O) groups is 1. The molecular formula is C13H21N3O4. The minimum Gasteiger partial charge on any atom is -0.465 e. The SMILES string of the molecule is COC(=O)c1cnc(N(C[C@H](O)CO)C(C)(C)C)nc1. The molecule has 2 N–H and O–H groups in total. The summed E-state index contributed by atoms with van der Waals surface area (Å²) in [5.74, 6) is -0.132. The molecule has 0 radical (unpaired) electrons. The summed E-state index contributed by atoms with van der Waals surface area (Å²) in [6.45, 7) is 5.67. The molecule has 0 spiro atoms. The van der Waals surface area contributed by atoms with Gasteiger partial charge in [-0.2, -0.15) is 0 Å². The Morgan fingerprint density at radius 2 is 1.95 bits per heavy atom. The Hall–Kier alpha value is -1.73. The Balaban J connectivity index is 3.00. The number of β-amino-alcohol motifs (C(OH)–C–C–N with tert-alkyl or cyclic N) is 1. The quantitative estimate of drug-likeness (QED) is 0.746. The molecule has 7 nitrogen and oxygen atoms in total. The van der Waals surface area contributed by atoms with Crippen LogP contribution in [0, 0.1) is 0 Å². The Morgan fingerprint density at radius 3 is 2.35 bits per heavy atom. The van der Waals surface area contributed by atoms with E-state index < -0.39 is 12.1 Å². The standard InChI is InChI=1S/C13H21N3O4/c1-13(2,3)16(7-10(18)8-17)12-14-5-9(6-15-12)11(19)20-4/h5-6,10,17-18H,7-8H2,1-4H3/t10-/m0/s1. The number of aliphatic hydroxyl groups excluding tert-OH is 2. The van der Waals surface area contributed by atoms with Gasteiger partial charge in [0.1, 0.15) is 0 Å². The zero-order valence-corrected chi connectivity index (χ0v) is 12.2. The van der Waals surface area contributed by atoms with Gasteiger partial charge in [0.2, 0.25) is 5.95 Å². The van der Waals surface area contributed by atoms with E-state index in [1.807, 2.05) is 20.8 Å². The molecule has 1 heterocycles. The van der Waals surface area contributed by atoms with E-state index in [0.717, 1.165) is 0 Å². The first-order chi connectivity index (χ1) is 9.29. The number of ether oxygens (including phenoxy) is 1. The number of esters is 1. The van der Waals surface area contributed by atoms with Crippen LogP contribution in [0.4, 0.5) is 5.95 Å². The average molecular weight is 283 g/mol. The number of aliphatic hydroxyl groups is 2. The maximum Gasteiger partial charge on any atom is 0.341 e. The molecule has 7 heteroatoms. The van der Waals surface area contributed by atoms with Crippen LogP contribution in [0.2, 0.25) is 0 Å². The monoisotopic (exact) mass is 283 g/mol. The fraction of sp³-hybridized carbons (Fsp3) is 0.615. The van der Waals surface area contributed by atoms with E-state index in [4.69, 9.17) is 5.11 Å². The van der Waals surface area contributed by atoms with Crippen molar-refractivity contribution in [1.82, 2.24) is 9.97 Å². The highest BCUT2D eigenvalue weighted by Gasteiger charge is 2.26. The van der Waals surface area contributed by atoms with Crippen molar-refractivity contribution in [3.05, 3.63) is 18.0 Å². The minimum atomic E-state index is -0.891. The van der Waals surface area contributed by atoms with Crippen LogP contribution in [0.15, 0.2) is 12.4 Å². The second-order valence-electron chi connectivity index (χ2n) is 5.38. The lowest BCUT2D eigenvalue weighted by atomic mass is 10.1. The second-order valence-corrected chi connectivity index (χ2v) is 5.38. The molecule has 0 aliphatic rings. The molecule has 1 aromatic rings. The van der Waals surface area contributed by atoms with E-state index in [-0.39, 0.29) is 24.3 Å². The Morgan fingerprint density at radius 1 is 1.40 bits per heavy atom. The van der Waals surface area contributed by atoms with E-state index in [1.165, 1.54) is 19.5 Å². The first-order valence-electron chi connectivity index (χ1n) is 6.26. The summed E-state index contributed by atoms with van der Waals surface area (Å²) in [5, 5.41) is 18.6. The van der Waals surface area contributed by atoms with Gasteiger partial charge in [-0.1, -0.05) is 0 Å². The Bertz CT molecular complexity index is 442. The van der Waals surface area contributed by atoms with Crippen LogP contribution in [0.5, 0.6) is 0 Å². The molecule has 1 rings (SSSR count). The van der Waals surface area contributed by atoms with Crippen LogP contribution in [0.25, 0.3) is 0 Å². The second kappa shape index (κ2) is 6.62. The first-order valence-corrected chi connectivity index (χ1v) is 6.26. The van der Waals surface area contributed by atoms with Gasteiger partial charge in [-0.15, -0.1) is 0 Å². The zero-order chi connectivity index (χ0) is 15.3. The number of hydrogen-bond acceptors (Lipinski definition) is 7. The van der Waals surface area contributed by atoms with Crippen LogP contribution in [0.3, 0.4) is 0 Å². The van der Waals surface area contributed by atoms with Crippen LogP contribution < -0.4 is 4.90 Å². The number of methoxy groups -OCH3 is 1. The highest BCUT2D eigenvalue weighted by atomic mass is 16.5. The van der Waals surface area contributed by atoms with Crippen molar-refractivity contribution in [2.24, 2.45) is 0 Å². The maximum absolute atomic E-state index is 11.3. The number of carbonyl (C=O) groups excluding carboxylic acids is 1. The number of hydrogen-bond donors (Lipinski definition) is 2. The van der Waals surface area contributed by atoms with E-state index >= 15 is 0 Å². The molecule has 112 valence electrons. The molecule has 0 aliphatic heterocycles. The predicted octanol–water partition coefficient (Wildman–Crippen LogP) is 0.221. The highest BCUT2D eigenvalue weighted by molar-refractivity contribution is 5.88. The molecule has 0 amide bonds. The topological polar surface area (TPSA) is 95.8 Å². The van der Waals surface area contributed by atoms with Gasteiger partial charge in [0.05, 0.1) is 25.4 Å². The first kappa shape index (κ1) is 16.3. The number of nitrogens with zero attached hydrogens (tertiary/aromatic N) is 3. The van der Waals surface area contributed by atoms with Crippen molar-refractivity contribution < 1.29 is 19.7 Å². The molecule has 0 unspecified atom stereocenters.